The largest absolute Gasteiger partial charge is 0.376 e. The fraction of sp³-hybridized carbons (Fsp3) is 0.857. The third-order valence-corrected chi connectivity index (χ3v) is 1.76. The number of quaternary nitrogens is 1. The molecule has 0 spiro atoms. The Hall–Kier alpha value is 0.0700. The zero-order valence-electron chi connectivity index (χ0n) is 9.51. The SMILES string of the molecule is CC(=O)SC(O)C[N+](C)(C)C.[O-][Cl+3]([O-])([O-])[O-]. The lowest BCUT2D eigenvalue weighted by atomic mass is 10.5. The van der Waals surface area contributed by atoms with Gasteiger partial charge in [-0.3, -0.25) is 4.79 Å². The van der Waals surface area contributed by atoms with Crippen LogP contribution in [0.4, 0.5) is 0 Å². The van der Waals surface area contributed by atoms with E-state index in [0.29, 0.717) is 11.0 Å². The van der Waals surface area contributed by atoms with Crippen molar-refractivity contribution in [3.8, 4) is 0 Å². The number of thioether (sulfide) groups is 1. The minimum atomic E-state index is -4.94. The average Bonchev–Trinajstić information content (AvgIpc) is 1.72. The predicted octanol–water partition coefficient (Wildman–Crippen LogP) is -4.47. The zero-order chi connectivity index (χ0) is 13.6. The van der Waals surface area contributed by atoms with Gasteiger partial charge in [0.2, 0.25) is 0 Å². The summed E-state index contributed by atoms with van der Waals surface area (Å²) in [6.45, 7) is 2.05. The number of halogens is 1. The number of aliphatic hydroxyl groups excluding tert-OH is 1. The Morgan fingerprint density at radius 3 is 1.81 bits per heavy atom. The average molecular weight is 278 g/mol. The monoisotopic (exact) mass is 277 g/mol. The normalized spacial score (nSPS) is 13.8. The minimum Gasteiger partial charge on any atom is -0.376 e. The molecule has 0 bridgehead atoms. The Morgan fingerprint density at radius 1 is 1.31 bits per heavy atom. The molecule has 0 aliphatic rings. The summed E-state index contributed by atoms with van der Waals surface area (Å²) >= 11 is 0.982. The lowest BCUT2D eigenvalue weighted by molar-refractivity contribution is -2.00. The van der Waals surface area contributed by atoms with Gasteiger partial charge in [-0.15, -0.1) is 10.2 Å². The summed E-state index contributed by atoms with van der Waals surface area (Å²) in [5, 5.41) is 9.25. The molecule has 0 saturated heterocycles. The smallest absolute Gasteiger partial charge is 0.188 e. The highest BCUT2D eigenvalue weighted by Gasteiger charge is 2.16. The van der Waals surface area contributed by atoms with Crippen molar-refractivity contribution >= 4 is 16.9 Å². The zero-order valence-corrected chi connectivity index (χ0v) is 11.1. The first-order valence-corrected chi connectivity index (χ1v) is 6.20. The van der Waals surface area contributed by atoms with Crippen LogP contribution in [-0.2, 0) is 4.79 Å². The fourth-order valence-corrected chi connectivity index (χ4v) is 1.60. The Morgan fingerprint density at radius 2 is 1.62 bits per heavy atom. The molecule has 1 unspecified atom stereocenters. The van der Waals surface area contributed by atoms with Crippen LogP contribution in [0.15, 0.2) is 0 Å². The van der Waals surface area contributed by atoms with Gasteiger partial charge in [0.15, 0.2) is 10.6 Å². The van der Waals surface area contributed by atoms with Gasteiger partial charge in [0.05, 0.1) is 21.1 Å². The van der Waals surface area contributed by atoms with Gasteiger partial charge in [-0.1, -0.05) is 11.8 Å². The van der Waals surface area contributed by atoms with Crippen molar-refractivity contribution in [2.75, 3.05) is 27.7 Å². The fourth-order valence-electron chi connectivity index (χ4n) is 0.697. The summed E-state index contributed by atoms with van der Waals surface area (Å²) in [6.07, 6.45) is 0. The van der Waals surface area contributed by atoms with Crippen molar-refractivity contribution in [3.05, 3.63) is 0 Å². The highest BCUT2D eigenvalue weighted by molar-refractivity contribution is 8.13. The van der Waals surface area contributed by atoms with Gasteiger partial charge in [0, 0.05) is 6.92 Å². The van der Waals surface area contributed by atoms with Gasteiger partial charge in [-0.25, -0.2) is 18.6 Å². The third kappa shape index (κ3) is 29.2. The molecule has 0 rings (SSSR count). The molecule has 9 heteroatoms. The van der Waals surface area contributed by atoms with E-state index >= 15 is 0 Å². The lowest BCUT2D eigenvalue weighted by Crippen LogP contribution is -2.68. The van der Waals surface area contributed by atoms with E-state index in [9.17, 15) is 9.90 Å². The molecule has 1 atom stereocenters. The van der Waals surface area contributed by atoms with Gasteiger partial charge < -0.3 is 9.59 Å². The number of carbonyl (C=O) groups excluding carboxylic acids is 1. The second-order valence-electron chi connectivity index (χ2n) is 3.91. The molecule has 0 heterocycles. The first kappa shape index (κ1) is 18.4. The van der Waals surface area contributed by atoms with E-state index < -0.39 is 15.7 Å². The lowest BCUT2D eigenvalue weighted by Gasteiger charge is -2.25. The van der Waals surface area contributed by atoms with Gasteiger partial charge in [0.1, 0.15) is 6.54 Å². The number of hydrogen-bond acceptors (Lipinski definition) is 7. The van der Waals surface area contributed by atoms with Crippen LogP contribution in [0.2, 0.25) is 0 Å². The molecule has 7 nitrogen and oxygen atoms in total. The summed E-state index contributed by atoms with van der Waals surface area (Å²) in [5.41, 5.74) is -0.576. The van der Waals surface area contributed by atoms with Crippen LogP contribution < -0.4 is 18.6 Å². The molecule has 0 aromatic heterocycles. The van der Waals surface area contributed by atoms with E-state index in [2.05, 4.69) is 0 Å². The molecule has 0 radical (unpaired) electrons. The van der Waals surface area contributed by atoms with Crippen LogP contribution in [0.3, 0.4) is 0 Å². The summed E-state index contributed by atoms with van der Waals surface area (Å²) in [4.78, 5) is 10.5. The Bertz CT molecular complexity index is 208. The van der Waals surface area contributed by atoms with Gasteiger partial charge >= 0.3 is 0 Å². The Balaban J connectivity index is 0. The standard InChI is InChI=1S/C7H16NO2S.ClHO4/c1-6(9)11-7(10)5-8(2,3)4;2-1(3,4)5/h7,10H,5H2,1-4H3;(H,2,3,4,5)/q+1;/p-1. The molecular formula is C7H16ClNO6S. The Kier molecular flexibility index (Phi) is 8.53. The van der Waals surface area contributed by atoms with Crippen LogP contribution >= 0.6 is 11.8 Å². The maximum absolute atomic E-state index is 10.5. The van der Waals surface area contributed by atoms with E-state index in [-0.39, 0.29) is 5.12 Å². The molecule has 0 aliphatic carbocycles. The van der Waals surface area contributed by atoms with Crippen molar-refractivity contribution in [1.29, 1.82) is 0 Å². The number of carbonyl (C=O) groups is 1. The van der Waals surface area contributed by atoms with E-state index in [1.54, 1.807) is 0 Å². The molecule has 16 heavy (non-hydrogen) atoms. The number of aliphatic hydroxyl groups is 1. The quantitative estimate of drug-likeness (QED) is 0.407. The topological polar surface area (TPSA) is 130 Å². The molecule has 0 aliphatic heterocycles. The molecular weight excluding hydrogens is 262 g/mol. The van der Waals surface area contributed by atoms with Crippen molar-refractivity contribution in [2.45, 2.75) is 12.4 Å². The first-order chi connectivity index (χ1) is 6.81. The van der Waals surface area contributed by atoms with Gasteiger partial charge in [-0.05, 0) is 0 Å². The van der Waals surface area contributed by atoms with Crippen LogP contribution in [-0.4, -0.2) is 47.8 Å². The van der Waals surface area contributed by atoms with Crippen molar-refractivity contribution in [3.63, 3.8) is 0 Å². The third-order valence-electron chi connectivity index (χ3n) is 1.01. The second-order valence-corrected chi connectivity index (χ2v) is 6.03. The highest BCUT2D eigenvalue weighted by Crippen LogP contribution is 2.11. The number of rotatable bonds is 3. The maximum Gasteiger partial charge on any atom is 0.188 e. The summed E-state index contributed by atoms with van der Waals surface area (Å²) < 4.78 is 34.6. The van der Waals surface area contributed by atoms with E-state index in [4.69, 9.17) is 18.6 Å². The number of nitrogens with zero attached hydrogens (tertiary/aromatic N) is 1. The van der Waals surface area contributed by atoms with E-state index in [0.717, 1.165) is 11.8 Å². The molecule has 0 aromatic carbocycles. The molecule has 98 valence electrons. The molecule has 0 fully saturated rings. The summed E-state index contributed by atoms with van der Waals surface area (Å²) in [5.74, 6) is 0. The number of hydrogen-bond donors (Lipinski definition) is 1. The van der Waals surface area contributed by atoms with E-state index in [1.807, 2.05) is 21.1 Å². The molecule has 0 amide bonds. The van der Waals surface area contributed by atoms with Crippen LogP contribution in [0.1, 0.15) is 6.92 Å². The highest BCUT2D eigenvalue weighted by atomic mass is 35.7. The second kappa shape index (κ2) is 7.41. The summed E-state index contributed by atoms with van der Waals surface area (Å²) in [7, 11) is 0.984. The van der Waals surface area contributed by atoms with Crippen molar-refractivity contribution in [2.24, 2.45) is 0 Å². The van der Waals surface area contributed by atoms with Gasteiger partial charge in [0.25, 0.3) is 0 Å². The minimum absolute atomic E-state index is 0.0362. The summed E-state index contributed by atoms with van der Waals surface area (Å²) in [6, 6.07) is 0. The number of likely N-dealkylation sites (N-methyl/N-ethyl adjacent to an activating group) is 1. The van der Waals surface area contributed by atoms with Crippen LogP contribution in [0, 0.1) is 10.2 Å². The van der Waals surface area contributed by atoms with Crippen molar-refractivity contribution in [1.82, 2.24) is 0 Å². The molecule has 1 N–H and O–H groups in total. The maximum atomic E-state index is 10.5. The first-order valence-electron chi connectivity index (χ1n) is 4.09. The molecule has 0 saturated carbocycles. The molecule has 0 aromatic rings. The Labute approximate surface area is 101 Å². The predicted molar refractivity (Wildman–Crippen MR) is 47.2 cm³/mol. The van der Waals surface area contributed by atoms with E-state index in [1.165, 1.54) is 6.92 Å². The van der Waals surface area contributed by atoms with Gasteiger partial charge in [-0.2, -0.15) is 0 Å². The van der Waals surface area contributed by atoms with Crippen molar-refractivity contribution < 1.29 is 43.3 Å². The van der Waals surface area contributed by atoms with Crippen LogP contribution in [0.25, 0.3) is 0 Å². The van der Waals surface area contributed by atoms with Crippen LogP contribution in [0.5, 0.6) is 0 Å².